The fourth-order valence-electron chi connectivity index (χ4n) is 4.80. The van der Waals surface area contributed by atoms with Crippen LogP contribution in [0.5, 0.6) is 0 Å². The second-order valence-electron chi connectivity index (χ2n) is 9.15. The highest BCUT2D eigenvalue weighted by Crippen LogP contribution is 2.28. The van der Waals surface area contributed by atoms with Crippen molar-refractivity contribution in [1.82, 2.24) is 9.80 Å². The molecule has 0 aliphatic carbocycles. The first-order valence-electron chi connectivity index (χ1n) is 13.0. The highest BCUT2D eigenvalue weighted by atomic mass is 19.1. The number of likely N-dealkylation sites (N-methyl/N-ethyl adjacent to an activating group) is 1. The van der Waals surface area contributed by atoms with Gasteiger partial charge in [-0.3, -0.25) is 14.5 Å². The molecule has 0 aromatic heterocycles. The molecule has 1 aliphatic rings. The highest BCUT2D eigenvalue weighted by molar-refractivity contribution is 5.92. The zero-order chi connectivity index (χ0) is 26.2. The van der Waals surface area contributed by atoms with E-state index in [2.05, 4.69) is 15.1 Å². The van der Waals surface area contributed by atoms with Gasteiger partial charge in [0.05, 0.1) is 5.69 Å². The summed E-state index contributed by atoms with van der Waals surface area (Å²) in [7, 11) is 0. The van der Waals surface area contributed by atoms with Gasteiger partial charge >= 0.3 is 0 Å². The van der Waals surface area contributed by atoms with Gasteiger partial charge in [0, 0.05) is 50.9 Å². The van der Waals surface area contributed by atoms with Gasteiger partial charge in [-0.1, -0.05) is 26.0 Å². The lowest BCUT2D eigenvalue weighted by atomic mass is 10.0. The molecule has 1 heterocycles. The van der Waals surface area contributed by atoms with Crippen molar-refractivity contribution in [3.05, 3.63) is 59.7 Å². The SMILES string of the molecule is CCC(CC)C(=O)Nc1ccc(N2CCN(C(C(=O)N(CC)CC)c3ccc(F)cc3)CC2)cc1F. The lowest BCUT2D eigenvalue weighted by molar-refractivity contribution is -0.137. The van der Waals surface area contributed by atoms with E-state index in [0.717, 1.165) is 11.3 Å². The van der Waals surface area contributed by atoms with Gasteiger partial charge in [0.1, 0.15) is 17.7 Å². The Bertz CT molecular complexity index is 1010. The summed E-state index contributed by atoms with van der Waals surface area (Å²) in [6, 6.07) is 10.5. The summed E-state index contributed by atoms with van der Waals surface area (Å²) in [4.78, 5) is 31.7. The number of benzene rings is 2. The van der Waals surface area contributed by atoms with Crippen LogP contribution in [-0.4, -0.2) is 60.9 Å². The molecular formula is C28H38F2N4O2. The van der Waals surface area contributed by atoms with Gasteiger partial charge in [-0.05, 0) is 62.6 Å². The average Bonchev–Trinajstić information content (AvgIpc) is 2.88. The Morgan fingerprint density at radius 3 is 2.06 bits per heavy atom. The number of hydrogen-bond acceptors (Lipinski definition) is 4. The van der Waals surface area contributed by atoms with Crippen molar-refractivity contribution in [1.29, 1.82) is 0 Å². The normalized spacial score (nSPS) is 15.1. The minimum Gasteiger partial charge on any atom is -0.369 e. The summed E-state index contributed by atoms with van der Waals surface area (Å²) in [5.74, 6) is -1.09. The van der Waals surface area contributed by atoms with Crippen LogP contribution in [0.25, 0.3) is 0 Å². The predicted octanol–water partition coefficient (Wildman–Crippen LogP) is 5.07. The molecule has 2 amide bonds. The summed E-state index contributed by atoms with van der Waals surface area (Å²) in [6.45, 7) is 11.4. The van der Waals surface area contributed by atoms with E-state index in [4.69, 9.17) is 0 Å². The standard InChI is InChI=1S/C28H38F2N4O2/c1-5-20(6-2)27(35)31-25-14-13-23(19-24(25)30)33-15-17-34(18-16-33)26(28(36)32(7-3)8-4)21-9-11-22(29)12-10-21/h9-14,19-20,26H,5-8,15-18H2,1-4H3,(H,31,35). The first-order valence-corrected chi connectivity index (χ1v) is 13.0. The quantitative estimate of drug-likeness (QED) is 0.495. The lowest BCUT2D eigenvalue weighted by Crippen LogP contribution is -2.51. The van der Waals surface area contributed by atoms with Crippen LogP contribution in [-0.2, 0) is 9.59 Å². The van der Waals surface area contributed by atoms with Crippen molar-refractivity contribution in [3.63, 3.8) is 0 Å². The van der Waals surface area contributed by atoms with Gasteiger partial charge in [0.2, 0.25) is 11.8 Å². The van der Waals surface area contributed by atoms with E-state index in [-0.39, 0.29) is 29.2 Å². The molecule has 1 fully saturated rings. The van der Waals surface area contributed by atoms with Crippen molar-refractivity contribution in [3.8, 4) is 0 Å². The van der Waals surface area contributed by atoms with Crippen LogP contribution in [0, 0.1) is 17.6 Å². The molecule has 3 rings (SSSR count). The molecule has 2 aromatic carbocycles. The Morgan fingerprint density at radius 1 is 0.917 bits per heavy atom. The summed E-state index contributed by atoms with van der Waals surface area (Å²) < 4.78 is 28.4. The Labute approximate surface area is 213 Å². The Hall–Kier alpha value is -3.00. The number of anilines is 2. The van der Waals surface area contributed by atoms with Crippen LogP contribution in [0.4, 0.5) is 20.2 Å². The van der Waals surface area contributed by atoms with E-state index in [1.165, 1.54) is 18.2 Å². The minimum absolute atomic E-state index is 0.00339. The Morgan fingerprint density at radius 2 is 1.53 bits per heavy atom. The van der Waals surface area contributed by atoms with E-state index in [1.54, 1.807) is 23.1 Å². The average molecular weight is 501 g/mol. The molecule has 0 spiro atoms. The second-order valence-corrected chi connectivity index (χ2v) is 9.15. The molecule has 1 atom stereocenters. The van der Waals surface area contributed by atoms with Crippen LogP contribution in [0.15, 0.2) is 42.5 Å². The third-order valence-electron chi connectivity index (χ3n) is 7.11. The maximum absolute atomic E-state index is 14.8. The molecule has 1 aliphatic heterocycles. The number of amides is 2. The molecule has 2 aromatic rings. The molecule has 1 N–H and O–H groups in total. The van der Waals surface area contributed by atoms with Crippen LogP contribution in [0.2, 0.25) is 0 Å². The molecule has 0 bridgehead atoms. The fourth-order valence-corrected chi connectivity index (χ4v) is 4.80. The van der Waals surface area contributed by atoms with Crippen LogP contribution in [0.3, 0.4) is 0 Å². The second kappa shape index (κ2) is 12.8. The van der Waals surface area contributed by atoms with E-state index in [0.29, 0.717) is 52.1 Å². The third-order valence-corrected chi connectivity index (χ3v) is 7.11. The zero-order valence-corrected chi connectivity index (χ0v) is 21.8. The highest BCUT2D eigenvalue weighted by Gasteiger charge is 2.33. The maximum Gasteiger partial charge on any atom is 0.244 e. The molecular weight excluding hydrogens is 462 g/mol. The first-order chi connectivity index (χ1) is 17.3. The van der Waals surface area contributed by atoms with Crippen LogP contribution < -0.4 is 10.2 Å². The van der Waals surface area contributed by atoms with E-state index in [1.807, 2.05) is 33.8 Å². The van der Waals surface area contributed by atoms with Gasteiger partial charge in [-0.15, -0.1) is 0 Å². The zero-order valence-electron chi connectivity index (χ0n) is 21.8. The van der Waals surface area contributed by atoms with Gasteiger partial charge in [-0.25, -0.2) is 8.78 Å². The number of rotatable bonds is 10. The topological polar surface area (TPSA) is 55.9 Å². The monoisotopic (exact) mass is 500 g/mol. The summed E-state index contributed by atoms with van der Waals surface area (Å²) in [5.41, 5.74) is 1.70. The molecule has 0 radical (unpaired) electrons. The largest absolute Gasteiger partial charge is 0.369 e. The smallest absolute Gasteiger partial charge is 0.244 e. The summed E-state index contributed by atoms with van der Waals surface area (Å²) in [6.07, 6.45) is 1.42. The number of halogens is 2. The number of carbonyl (C=O) groups is 2. The number of nitrogens with zero attached hydrogens (tertiary/aromatic N) is 3. The van der Waals surface area contributed by atoms with Gasteiger partial charge in [0.25, 0.3) is 0 Å². The van der Waals surface area contributed by atoms with Crippen LogP contribution in [0.1, 0.15) is 52.1 Å². The van der Waals surface area contributed by atoms with E-state index >= 15 is 0 Å². The molecule has 8 heteroatoms. The summed E-state index contributed by atoms with van der Waals surface area (Å²) in [5, 5.41) is 2.71. The van der Waals surface area contributed by atoms with Gasteiger partial charge in [-0.2, -0.15) is 0 Å². The Balaban J connectivity index is 1.72. The molecule has 1 saturated heterocycles. The van der Waals surface area contributed by atoms with Gasteiger partial charge < -0.3 is 15.1 Å². The molecule has 0 saturated carbocycles. The molecule has 36 heavy (non-hydrogen) atoms. The number of nitrogens with one attached hydrogen (secondary N) is 1. The number of piperazine rings is 1. The van der Waals surface area contributed by atoms with Crippen molar-refractivity contribution in [2.75, 3.05) is 49.5 Å². The van der Waals surface area contributed by atoms with Crippen molar-refractivity contribution in [2.45, 2.75) is 46.6 Å². The van der Waals surface area contributed by atoms with Crippen molar-refractivity contribution >= 4 is 23.2 Å². The molecule has 1 unspecified atom stereocenters. The van der Waals surface area contributed by atoms with E-state index in [9.17, 15) is 18.4 Å². The fraction of sp³-hybridized carbons (Fsp3) is 0.500. The molecule has 196 valence electrons. The summed E-state index contributed by atoms with van der Waals surface area (Å²) >= 11 is 0. The van der Waals surface area contributed by atoms with Crippen molar-refractivity contribution < 1.29 is 18.4 Å². The minimum atomic E-state index is -0.493. The third kappa shape index (κ3) is 6.40. The first kappa shape index (κ1) is 27.6. The molecule has 6 nitrogen and oxygen atoms in total. The lowest BCUT2D eigenvalue weighted by Gasteiger charge is -2.41. The maximum atomic E-state index is 14.8. The van der Waals surface area contributed by atoms with Crippen LogP contribution >= 0.6 is 0 Å². The van der Waals surface area contributed by atoms with Gasteiger partial charge in [0.15, 0.2) is 0 Å². The Kier molecular flexibility index (Phi) is 9.81. The van der Waals surface area contributed by atoms with Crippen molar-refractivity contribution in [2.24, 2.45) is 5.92 Å². The number of hydrogen-bond donors (Lipinski definition) is 1. The predicted molar refractivity (Wildman–Crippen MR) is 140 cm³/mol. The number of carbonyl (C=O) groups excluding carboxylic acids is 2. The van der Waals surface area contributed by atoms with E-state index < -0.39 is 11.9 Å².